The van der Waals surface area contributed by atoms with Crippen LogP contribution in [0.2, 0.25) is 0 Å². The second-order valence-corrected chi connectivity index (χ2v) is 6.80. The fraction of sp³-hybridized carbons (Fsp3) is 0.217. The summed E-state index contributed by atoms with van der Waals surface area (Å²) in [6, 6.07) is 8.02. The van der Waals surface area contributed by atoms with E-state index in [4.69, 9.17) is 23.2 Å². The van der Waals surface area contributed by atoms with Crippen LogP contribution in [-0.2, 0) is 20.9 Å². The zero-order valence-electron chi connectivity index (χ0n) is 18.2. The van der Waals surface area contributed by atoms with Crippen LogP contribution in [0.4, 0.5) is 0 Å². The zero-order valence-corrected chi connectivity index (χ0v) is 18.2. The molecule has 0 saturated carbocycles. The van der Waals surface area contributed by atoms with Crippen LogP contribution in [0, 0.1) is 13.8 Å². The number of rotatable bonds is 9. The Morgan fingerprint density at radius 3 is 2.64 bits per heavy atom. The Bertz CT molecular complexity index is 1140. The van der Waals surface area contributed by atoms with E-state index in [0.29, 0.717) is 22.8 Å². The Morgan fingerprint density at radius 2 is 1.97 bits per heavy atom. The molecule has 0 unspecified atom stereocenters. The number of amides is 2. The lowest BCUT2D eigenvalue weighted by atomic mass is 10.2. The fourth-order valence-electron chi connectivity index (χ4n) is 2.75. The van der Waals surface area contributed by atoms with E-state index >= 15 is 0 Å². The lowest BCUT2D eigenvalue weighted by Gasteiger charge is -2.11. The Hall–Kier alpha value is -4.34. The van der Waals surface area contributed by atoms with Crippen molar-refractivity contribution >= 4 is 23.9 Å². The molecule has 1 aromatic carbocycles. The number of methoxy groups -OCH3 is 1. The largest absolute Gasteiger partial charge is 0.493 e. The fourth-order valence-corrected chi connectivity index (χ4v) is 2.75. The lowest BCUT2D eigenvalue weighted by molar-refractivity contribution is -0.143. The Kier molecular flexibility index (Phi) is 7.64. The first-order valence-electron chi connectivity index (χ1n) is 9.82. The highest BCUT2D eigenvalue weighted by Gasteiger charge is 2.14. The number of ether oxygens (including phenoxy) is 3. The third-order valence-corrected chi connectivity index (χ3v) is 4.50. The highest BCUT2D eigenvalue weighted by molar-refractivity contribution is 6.03. The van der Waals surface area contributed by atoms with Gasteiger partial charge in [0.05, 0.1) is 24.6 Å². The number of hydrogen-bond acceptors (Lipinski definition) is 9. The summed E-state index contributed by atoms with van der Waals surface area (Å²) in [6.45, 7) is 3.29. The van der Waals surface area contributed by atoms with Crippen molar-refractivity contribution in [1.29, 1.82) is 0 Å². The van der Waals surface area contributed by atoms with Crippen molar-refractivity contribution in [2.75, 3.05) is 13.7 Å². The minimum atomic E-state index is -0.778. The van der Waals surface area contributed by atoms with E-state index in [9.17, 15) is 14.4 Å². The topological polar surface area (TPSA) is 130 Å². The maximum absolute atomic E-state index is 11.9. The first-order chi connectivity index (χ1) is 15.9. The number of carbonyl (C=O) groups is 3. The molecule has 33 heavy (non-hydrogen) atoms. The van der Waals surface area contributed by atoms with Gasteiger partial charge in [-0.25, -0.2) is 4.79 Å². The molecule has 0 radical (unpaired) electrons. The summed E-state index contributed by atoms with van der Waals surface area (Å²) in [5, 5.41) is 5.94. The van der Waals surface area contributed by atoms with E-state index in [0.717, 1.165) is 17.3 Å². The number of hydrogen-bond donors (Lipinski definition) is 1. The summed E-state index contributed by atoms with van der Waals surface area (Å²) in [5.41, 5.74) is 2.26. The number of imide groups is 1. The van der Waals surface area contributed by atoms with E-state index in [1.807, 2.05) is 19.2 Å². The van der Waals surface area contributed by atoms with Crippen molar-refractivity contribution < 1.29 is 37.5 Å². The van der Waals surface area contributed by atoms with Crippen molar-refractivity contribution in [2.45, 2.75) is 20.5 Å². The number of carbonyl (C=O) groups excluding carboxylic acids is 3. The predicted octanol–water partition coefficient (Wildman–Crippen LogP) is 2.99. The van der Waals surface area contributed by atoms with Gasteiger partial charge in [0.15, 0.2) is 23.9 Å². The molecule has 172 valence electrons. The average Bonchev–Trinajstić information content (AvgIpc) is 3.45. The zero-order chi connectivity index (χ0) is 23.8. The molecule has 0 aliphatic rings. The standard InChI is InChI=1S/C23H22N2O8/c1-14-17(15(2)33-25-14)12-31-18-8-6-16(11-20(18)29-3)7-9-22(27)32-13-21(26)24-23(28)19-5-4-10-30-19/h4-11H,12-13H2,1-3H3,(H,24,26,28). The van der Waals surface area contributed by atoms with Crippen LogP contribution in [0.25, 0.3) is 6.08 Å². The smallest absolute Gasteiger partial charge is 0.331 e. The molecule has 3 rings (SSSR count). The van der Waals surface area contributed by atoms with Gasteiger partial charge in [0.1, 0.15) is 12.4 Å². The molecule has 0 bridgehead atoms. The second kappa shape index (κ2) is 10.8. The number of nitrogens with zero attached hydrogens (tertiary/aromatic N) is 1. The van der Waals surface area contributed by atoms with E-state index in [-0.39, 0.29) is 12.4 Å². The highest BCUT2D eigenvalue weighted by Crippen LogP contribution is 2.30. The van der Waals surface area contributed by atoms with Crippen molar-refractivity contribution in [3.05, 3.63) is 71.0 Å². The third kappa shape index (κ3) is 6.33. The Morgan fingerprint density at radius 1 is 1.15 bits per heavy atom. The van der Waals surface area contributed by atoms with Crippen LogP contribution >= 0.6 is 0 Å². The molecule has 2 amide bonds. The predicted molar refractivity (Wildman–Crippen MR) is 114 cm³/mol. The molecule has 10 heteroatoms. The summed E-state index contributed by atoms with van der Waals surface area (Å²) >= 11 is 0. The van der Waals surface area contributed by atoms with Gasteiger partial charge in [-0.2, -0.15) is 0 Å². The molecular formula is C23H22N2O8. The Labute approximate surface area is 189 Å². The molecule has 0 aliphatic heterocycles. The first kappa shape index (κ1) is 23.3. The van der Waals surface area contributed by atoms with Crippen LogP contribution in [-0.4, -0.2) is 36.7 Å². The number of nitrogens with one attached hydrogen (secondary N) is 1. The molecule has 0 fully saturated rings. The van der Waals surface area contributed by atoms with Gasteiger partial charge < -0.3 is 23.2 Å². The minimum absolute atomic E-state index is 0.0253. The molecule has 0 atom stereocenters. The molecule has 0 aliphatic carbocycles. The quantitative estimate of drug-likeness (QED) is 0.383. The lowest BCUT2D eigenvalue weighted by Crippen LogP contribution is -2.33. The van der Waals surface area contributed by atoms with Crippen molar-refractivity contribution in [2.24, 2.45) is 0 Å². The summed E-state index contributed by atoms with van der Waals surface area (Å²) in [5.74, 6) is -0.623. The molecule has 0 saturated heterocycles. The number of esters is 1. The number of benzene rings is 1. The second-order valence-electron chi connectivity index (χ2n) is 6.80. The van der Waals surface area contributed by atoms with Crippen LogP contribution in [0.15, 0.2) is 51.6 Å². The van der Waals surface area contributed by atoms with Crippen LogP contribution in [0.3, 0.4) is 0 Å². The van der Waals surface area contributed by atoms with Gasteiger partial charge in [-0.15, -0.1) is 0 Å². The van der Waals surface area contributed by atoms with Gasteiger partial charge in [-0.1, -0.05) is 11.2 Å². The average molecular weight is 454 g/mol. The first-order valence-corrected chi connectivity index (χ1v) is 9.82. The van der Waals surface area contributed by atoms with E-state index in [2.05, 4.69) is 5.16 Å². The van der Waals surface area contributed by atoms with Crippen molar-refractivity contribution in [3.63, 3.8) is 0 Å². The molecule has 0 spiro atoms. The van der Waals surface area contributed by atoms with Gasteiger partial charge >= 0.3 is 5.97 Å². The Balaban J connectivity index is 1.52. The summed E-state index contributed by atoms with van der Waals surface area (Å²) in [6.07, 6.45) is 3.95. The van der Waals surface area contributed by atoms with Gasteiger partial charge in [-0.3, -0.25) is 14.9 Å². The third-order valence-electron chi connectivity index (χ3n) is 4.50. The van der Waals surface area contributed by atoms with Crippen LogP contribution in [0.5, 0.6) is 11.5 Å². The van der Waals surface area contributed by atoms with Gasteiger partial charge in [0.2, 0.25) is 0 Å². The van der Waals surface area contributed by atoms with E-state index < -0.39 is 24.4 Å². The van der Waals surface area contributed by atoms with Gasteiger partial charge in [0.25, 0.3) is 11.8 Å². The normalized spacial score (nSPS) is 10.8. The number of aromatic nitrogens is 1. The van der Waals surface area contributed by atoms with Crippen LogP contribution < -0.4 is 14.8 Å². The number of aryl methyl sites for hydroxylation is 2. The molecule has 2 heterocycles. The molecule has 2 aromatic heterocycles. The summed E-state index contributed by atoms with van der Waals surface area (Å²) in [7, 11) is 1.50. The molecular weight excluding hydrogens is 432 g/mol. The van der Waals surface area contributed by atoms with Crippen LogP contribution in [0.1, 0.15) is 33.1 Å². The van der Waals surface area contributed by atoms with Crippen molar-refractivity contribution in [3.8, 4) is 11.5 Å². The molecule has 3 aromatic rings. The SMILES string of the molecule is COc1cc(C=CC(=O)OCC(=O)NC(=O)c2ccco2)ccc1OCc1c(C)noc1C. The molecule has 10 nitrogen and oxygen atoms in total. The maximum atomic E-state index is 11.9. The van der Waals surface area contributed by atoms with Gasteiger partial charge in [0, 0.05) is 6.08 Å². The maximum Gasteiger partial charge on any atom is 0.331 e. The summed E-state index contributed by atoms with van der Waals surface area (Å²) in [4.78, 5) is 35.3. The molecule has 1 N–H and O–H groups in total. The van der Waals surface area contributed by atoms with E-state index in [1.54, 1.807) is 18.2 Å². The minimum Gasteiger partial charge on any atom is -0.493 e. The monoisotopic (exact) mass is 454 g/mol. The highest BCUT2D eigenvalue weighted by atomic mass is 16.5. The van der Waals surface area contributed by atoms with E-state index in [1.165, 1.54) is 31.6 Å². The van der Waals surface area contributed by atoms with Crippen molar-refractivity contribution in [1.82, 2.24) is 10.5 Å². The summed E-state index contributed by atoms with van der Waals surface area (Å²) < 4.78 is 26.0. The van der Waals surface area contributed by atoms with Gasteiger partial charge in [-0.05, 0) is 49.8 Å². The number of furan rings is 1.